The van der Waals surface area contributed by atoms with E-state index in [0.717, 1.165) is 6.07 Å². The van der Waals surface area contributed by atoms with Gasteiger partial charge in [-0.3, -0.25) is 0 Å². The predicted octanol–water partition coefficient (Wildman–Crippen LogP) is 3.92. The Hall–Kier alpha value is -0.950. The first-order chi connectivity index (χ1) is 7.53. The van der Waals surface area contributed by atoms with Gasteiger partial charge in [0.05, 0.1) is 5.56 Å². The maximum absolute atomic E-state index is 12.5. The molecular formula is C9H6ClF6N. The molecule has 0 heterocycles. The van der Waals surface area contributed by atoms with Crippen molar-refractivity contribution in [1.29, 1.82) is 0 Å². The number of rotatable bonds is 1. The summed E-state index contributed by atoms with van der Waals surface area (Å²) in [5.41, 5.74) is 2.23. The van der Waals surface area contributed by atoms with Crippen molar-refractivity contribution < 1.29 is 26.3 Å². The Bertz CT molecular complexity index is 411. The van der Waals surface area contributed by atoms with Gasteiger partial charge in [-0.2, -0.15) is 26.3 Å². The fraction of sp³-hybridized carbons (Fsp3) is 0.333. The molecule has 1 rings (SSSR count). The molecule has 0 bridgehead atoms. The van der Waals surface area contributed by atoms with Crippen LogP contribution in [0.25, 0.3) is 0 Å². The Morgan fingerprint density at radius 1 is 1.06 bits per heavy atom. The monoisotopic (exact) mass is 277 g/mol. The van der Waals surface area contributed by atoms with Gasteiger partial charge in [-0.25, -0.2) is 0 Å². The minimum atomic E-state index is -4.95. The highest BCUT2D eigenvalue weighted by molar-refractivity contribution is 6.30. The summed E-state index contributed by atoms with van der Waals surface area (Å²) in [5, 5.41) is -0.310. The number of halogens is 7. The molecule has 8 heteroatoms. The van der Waals surface area contributed by atoms with Gasteiger partial charge >= 0.3 is 12.4 Å². The molecule has 1 atom stereocenters. The molecule has 1 nitrogen and oxygen atoms in total. The normalized spacial score (nSPS) is 14.8. The van der Waals surface area contributed by atoms with Crippen LogP contribution in [-0.2, 0) is 6.18 Å². The molecule has 2 N–H and O–H groups in total. The summed E-state index contributed by atoms with van der Waals surface area (Å²) < 4.78 is 74.3. The Kier molecular flexibility index (Phi) is 3.63. The zero-order valence-corrected chi connectivity index (χ0v) is 8.79. The first kappa shape index (κ1) is 14.1. The van der Waals surface area contributed by atoms with Crippen LogP contribution in [0.5, 0.6) is 0 Å². The summed E-state index contributed by atoms with van der Waals surface area (Å²) in [7, 11) is 0. The molecule has 0 unspecified atom stereocenters. The van der Waals surface area contributed by atoms with E-state index in [0.29, 0.717) is 12.1 Å². The molecule has 0 aliphatic heterocycles. The van der Waals surface area contributed by atoms with Gasteiger partial charge in [-0.15, -0.1) is 0 Å². The summed E-state index contributed by atoms with van der Waals surface area (Å²) >= 11 is 5.32. The zero-order chi connectivity index (χ0) is 13.4. The van der Waals surface area contributed by atoms with Crippen LogP contribution < -0.4 is 5.73 Å². The summed E-state index contributed by atoms with van der Waals surface area (Å²) in [6.07, 6.45) is -9.89. The summed E-state index contributed by atoms with van der Waals surface area (Å²) in [4.78, 5) is 0. The number of hydrogen-bond acceptors (Lipinski definition) is 1. The highest BCUT2D eigenvalue weighted by atomic mass is 35.5. The molecule has 0 saturated heterocycles. The van der Waals surface area contributed by atoms with Crippen molar-refractivity contribution >= 4 is 11.6 Å². The molecule has 0 saturated carbocycles. The van der Waals surface area contributed by atoms with Crippen molar-refractivity contribution in [1.82, 2.24) is 0 Å². The first-order valence-corrected chi connectivity index (χ1v) is 4.60. The second-order valence-electron chi connectivity index (χ2n) is 3.25. The minimum Gasteiger partial charge on any atom is -0.316 e. The molecule has 0 radical (unpaired) electrons. The molecule has 17 heavy (non-hydrogen) atoms. The third kappa shape index (κ3) is 3.26. The van der Waals surface area contributed by atoms with Crippen LogP contribution in [-0.4, -0.2) is 6.18 Å². The number of nitrogens with two attached hydrogens (primary N) is 1. The smallest absolute Gasteiger partial charge is 0.316 e. The van der Waals surface area contributed by atoms with Crippen molar-refractivity contribution in [2.75, 3.05) is 0 Å². The van der Waals surface area contributed by atoms with Crippen molar-refractivity contribution in [2.45, 2.75) is 18.4 Å². The van der Waals surface area contributed by atoms with Gasteiger partial charge in [0, 0.05) is 5.02 Å². The molecule has 0 fully saturated rings. The van der Waals surface area contributed by atoms with Crippen LogP contribution in [0.15, 0.2) is 18.2 Å². The molecule has 1 aromatic rings. The van der Waals surface area contributed by atoms with Crippen LogP contribution >= 0.6 is 11.6 Å². The fourth-order valence-corrected chi connectivity index (χ4v) is 1.39. The molecule has 0 spiro atoms. The first-order valence-electron chi connectivity index (χ1n) is 4.22. The minimum absolute atomic E-state index is 0.310. The van der Waals surface area contributed by atoms with Gasteiger partial charge in [0.25, 0.3) is 0 Å². The van der Waals surface area contributed by atoms with E-state index in [9.17, 15) is 26.3 Å². The van der Waals surface area contributed by atoms with E-state index >= 15 is 0 Å². The Morgan fingerprint density at radius 2 is 1.59 bits per heavy atom. The van der Waals surface area contributed by atoms with E-state index < -0.39 is 29.5 Å². The zero-order valence-electron chi connectivity index (χ0n) is 8.03. The molecule has 0 aliphatic rings. The largest absolute Gasteiger partial charge is 0.416 e. The molecule has 0 aromatic heterocycles. The van der Waals surface area contributed by atoms with Crippen molar-refractivity contribution in [3.8, 4) is 0 Å². The highest BCUT2D eigenvalue weighted by Crippen LogP contribution is 2.40. The van der Waals surface area contributed by atoms with Crippen molar-refractivity contribution in [3.05, 3.63) is 34.3 Å². The van der Waals surface area contributed by atoms with Gasteiger partial charge < -0.3 is 5.73 Å². The quantitative estimate of drug-likeness (QED) is 0.774. The van der Waals surface area contributed by atoms with E-state index in [-0.39, 0.29) is 5.02 Å². The molecule has 0 aliphatic carbocycles. The summed E-state index contributed by atoms with van der Waals surface area (Å²) in [5.74, 6) is 0. The van der Waals surface area contributed by atoms with Gasteiger partial charge in [0.15, 0.2) is 0 Å². The van der Waals surface area contributed by atoms with Gasteiger partial charge in [0.2, 0.25) is 0 Å². The predicted molar refractivity (Wildman–Crippen MR) is 49.4 cm³/mol. The summed E-state index contributed by atoms with van der Waals surface area (Å²) in [6, 6.07) is -0.722. The van der Waals surface area contributed by atoms with Gasteiger partial charge in [-0.1, -0.05) is 17.7 Å². The number of hydrogen-bond donors (Lipinski definition) is 1. The van der Waals surface area contributed by atoms with E-state index in [2.05, 4.69) is 0 Å². The standard InChI is InChI=1S/C9H6ClF6N/c10-4-1-2-5(7(17)9(14,15)16)6(3-4)8(11,12)13/h1-3,7H,17H2/t7-/m0/s1. The van der Waals surface area contributed by atoms with E-state index in [1.807, 2.05) is 0 Å². The Balaban J connectivity index is 3.34. The molecule has 1 aromatic carbocycles. The molecule has 0 amide bonds. The maximum atomic E-state index is 12.5. The average molecular weight is 278 g/mol. The average Bonchev–Trinajstić information content (AvgIpc) is 2.14. The third-order valence-corrected chi connectivity index (χ3v) is 2.24. The number of benzene rings is 1. The molecule has 96 valence electrons. The van der Waals surface area contributed by atoms with Crippen LogP contribution in [0.2, 0.25) is 5.02 Å². The third-order valence-electron chi connectivity index (χ3n) is 2.01. The van der Waals surface area contributed by atoms with Crippen LogP contribution in [0.3, 0.4) is 0 Å². The van der Waals surface area contributed by atoms with Crippen molar-refractivity contribution in [3.63, 3.8) is 0 Å². The molecular weight excluding hydrogens is 272 g/mol. The second kappa shape index (κ2) is 4.38. The van der Waals surface area contributed by atoms with Crippen molar-refractivity contribution in [2.24, 2.45) is 5.73 Å². The van der Waals surface area contributed by atoms with E-state index in [4.69, 9.17) is 17.3 Å². The second-order valence-corrected chi connectivity index (χ2v) is 3.69. The number of alkyl halides is 6. The topological polar surface area (TPSA) is 26.0 Å². The fourth-order valence-electron chi connectivity index (χ4n) is 1.22. The lowest BCUT2D eigenvalue weighted by atomic mass is 10.00. The van der Waals surface area contributed by atoms with Gasteiger partial charge in [0.1, 0.15) is 6.04 Å². The van der Waals surface area contributed by atoms with Crippen LogP contribution in [0.1, 0.15) is 17.2 Å². The lowest BCUT2D eigenvalue weighted by Crippen LogP contribution is -2.30. The van der Waals surface area contributed by atoms with Crippen LogP contribution in [0.4, 0.5) is 26.3 Å². The van der Waals surface area contributed by atoms with E-state index in [1.54, 1.807) is 0 Å². The lowest BCUT2D eigenvalue weighted by Gasteiger charge is -2.20. The van der Waals surface area contributed by atoms with Gasteiger partial charge in [-0.05, 0) is 17.7 Å². The SMILES string of the molecule is N[C@@H](c1ccc(Cl)cc1C(F)(F)F)C(F)(F)F. The Labute approximate surface area is 97.2 Å². The summed E-state index contributed by atoms with van der Waals surface area (Å²) in [6.45, 7) is 0. The van der Waals surface area contributed by atoms with E-state index in [1.165, 1.54) is 0 Å². The maximum Gasteiger partial charge on any atom is 0.416 e. The highest BCUT2D eigenvalue weighted by Gasteiger charge is 2.43. The lowest BCUT2D eigenvalue weighted by molar-refractivity contribution is -0.155. The Morgan fingerprint density at radius 3 is 2.00 bits per heavy atom. The van der Waals surface area contributed by atoms with Crippen LogP contribution in [0, 0.1) is 0 Å².